The Labute approximate surface area is 139 Å². The van der Waals surface area contributed by atoms with Gasteiger partial charge in [0, 0.05) is 0 Å². The second-order valence-corrected chi connectivity index (χ2v) is 6.07. The molecule has 23 heavy (non-hydrogen) atoms. The molecule has 0 aliphatic carbocycles. The van der Waals surface area contributed by atoms with Crippen LogP contribution in [0.3, 0.4) is 0 Å². The number of rotatable bonds is 8. The first-order valence-corrected chi connectivity index (χ1v) is 8.38. The molecule has 4 nitrogen and oxygen atoms in total. The lowest BCUT2D eigenvalue weighted by atomic mass is 9.97. The molecular formula is C19H28O4. The van der Waals surface area contributed by atoms with Gasteiger partial charge in [-0.2, -0.15) is 0 Å². The predicted octanol–water partition coefficient (Wildman–Crippen LogP) is 4.33. The summed E-state index contributed by atoms with van der Waals surface area (Å²) in [7, 11) is 0. The van der Waals surface area contributed by atoms with Gasteiger partial charge >= 0.3 is 11.9 Å². The molecule has 0 heterocycles. The Morgan fingerprint density at radius 1 is 1.04 bits per heavy atom. The number of carbonyl (C=O) groups is 2. The third kappa shape index (κ3) is 5.70. The van der Waals surface area contributed by atoms with Crippen LogP contribution in [0.1, 0.15) is 72.4 Å². The van der Waals surface area contributed by atoms with Gasteiger partial charge in [0.1, 0.15) is 0 Å². The molecule has 4 heteroatoms. The number of carbonyl (C=O) groups excluding carboxylic acids is 2. The average molecular weight is 320 g/mol. The highest BCUT2D eigenvalue weighted by Gasteiger charge is 2.21. The lowest BCUT2D eigenvalue weighted by Crippen LogP contribution is -2.16. The highest BCUT2D eigenvalue weighted by Crippen LogP contribution is 2.20. The van der Waals surface area contributed by atoms with E-state index in [1.165, 1.54) is 0 Å². The third-order valence-corrected chi connectivity index (χ3v) is 3.73. The predicted molar refractivity (Wildman–Crippen MR) is 90.9 cm³/mol. The Hall–Kier alpha value is -1.84. The smallest absolute Gasteiger partial charge is 0.339 e. The second kappa shape index (κ2) is 9.33. The minimum atomic E-state index is -0.479. The zero-order chi connectivity index (χ0) is 17.4. The van der Waals surface area contributed by atoms with Crippen LogP contribution in [-0.2, 0) is 15.9 Å². The van der Waals surface area contributed by atoms with E-state index in [4.69, 9.17) is 9.47 Å². The molecule has 1 aromatic rings. The van der Waals surface area contributed by atoms with Crippen molar-refractivity contribution in [3.8, 4) is 0 Å². The summed E-state index contributed by atoms with van der Waals surface area (Å²) in [6, 6.07) is 3.48. The van der Waals surface area contributed by atoms with E-state index < -0.39 is 11.9 Å². The monoisotopic (exact) mass is 320 g/mol. The van der Waals surface area contributed by atoms with E-state index in [0.717, 1.165) is 30.4 Å². The molecular weight excluding hydrogens is 292 g/mol. The molecule has 0 amide bonds. The number of benzene rings is 1. The molecule has 0 radical (unpaired) electrons. The molecule has 1 rings (SSSR count). The highest BCUT2D eigenvalue weighted by atomic mass is 16.5. The topological polar surface area (TPSA) is 52.6 Å². The number of aryl methyl sites for hydroxylation is 2. The molecule has 0 saturated heterocycles. The van der Waals surface area contributed by atoms with E-state index in [1.807, 2.05) is 13.8 Å². The van der Waals surface area contributed by atoms with Crippen LogP contribution < -0.4 is 0 Å². The molecule has 0 unspecified atom stereocenters. The van der Waals surface area contributed by atoms with Gasteiger partial charge in [-0.25, -0.2) is 9.59 Å². The fraction of sp³-hybridized carbons (Fsp3) is 0.579. The fourth-order valence-corrected chi connectivity index (χ4v) is 2.41. The largest absolute Gasteiger partial charge is 0.462 e. The van der Waals surface area contributed by atoms with Crippen LogP contribution in [0, 0.1) is 12.8 Å². The molecule has 0 fully saturated rings. The Morgan fingerprint density at radius 2 is 1.65 bits per heavy atom. The first-order chi connectivity index (χ1) is 10.9. The maximum atomic E-state index is 12.4. The number of esters is 2. The van der Waals surface area contributed by atoms with Gasteiger partial charge in [0.2, 0.25) is 0 Å². The quantitative estimate of drug-likeness (QED) is 0.528. The fourth-order valence-electron chi connectivity index (χ4n) is 2.41. The van der Waals surface area contributed by atoms with E-state index in [9.17, 15) is 9.59 Å². The molecule has 1 aromatic carbocycles. The molecule has 128 valence electrons. The maximum Gasteiger partial charge on any atom is 0.339 e. The summed E-state index contributed by atoms with van der Waals surface area (Å²) in [5.74, 6) is -0.353. The van der Waals surface area contributed by atoms with Gasteiger partial charge in [0.15, 0.2) is 0 Å². The van der Waals surface area contributed by atoms with Crippen molar-refractivity contribution < 1.29 is 19.1 Å². The number of hydrogen-bond donors (Lipinski definition) is 0. The van der Waals surface area contributed by atoms with Crippen LogP contribution in [-0.4, -0.2) is 25.2 Å². The van der Waals surface area contributed by atoms with Gasteiger partial charge in [-0.1, -0.05) is 20.8 Å². The Balaban J connectivity index is 2.96. The third-order valence-electron chi connectivity index (χ3n) is 3.73. The molecule has 0 N–H and O–H groups in total. The normalized spacial score (nSPS) is 10.7. The van der Waals surface area contributed by atoms with Gasteiger partial charge in [-0.15, -0.1) is 0 Å². The molecule has 0 atom stereocenters. The van der Waals surface area contributed by atoms with Crippen LogP contribution in [0.2, 0.25) is 0 Å². The van der Waals surface area contributed by atoms with Crippen molar-refractivity contribution in [3.63, 3.8) is 0 Å². The summed E-state index contributed by atoms with van der Waals surface area (Å²) in [6.45, 7) is 10.6. The second-order valence-electron chi connectivity index (χ2n) is 6.07. The summed E-state index contributed by atoms with van der Waals surface area (Å²) in [5.41, 5.74) is 2.60. The molecule has 0 aromatic heterocycles. The van der Waals surface area contributed by atoms with E-state index in [0.29, 0.717) is 18.1 Å². The van der Waals surface area contributed by atoms with Gasteiger partial charge in [-0.05, 0) is 62.3 Å². The van der Waals surface area contributed by atoms with Crippen molar-refractivity contribution in [1.29, 1.82) is 0 Å². The van der Waals surface area contributed by atoms with Crippen molar-refractivity contribution in [3.05, 3.63) is 34.4 Å². The summed E-state index contributed by atoms with van der Waals surface area (Å²) in [4.78, 5) is 24.5. The van der Waals surface area contributed by atoms with Gasteiger partial charge < -0.3 is 9.47 Å². The van der Waals surface area contributed by atoms with Crippen LogP contribution in [0.4, 0.5) is 0 Å². The van der Waals surface area contributed by atoms with Crippen molar-refractivity contribution in [2.24, 2.45) is 5.92 Å². The van der Waals surface area contributed by atoms with E-state index in [1.54, 1.807) is 19.1 Å². The zero-order valence-electron chi connectivity index (χ0n) is 14.9. The lowest BCUT2D eigenvalue weighted by Gasteiger charge is -2.13. The minimum Gasteiger partial charge on any atom is -0.462 e. The Morgan fingerprint density at radius 3 is 2.22 bits per heavy atom. The van der Waals surface area contributed by atoms with Crippen LogP contribution in [0.25, 0.3) is 0 Å². The molecule has 0 aliphatic rings. The van der Waals surface area contributed by atoms with Gasteiger partial charge in [-0.3, -0.25) is 0 Å². The number of ether oxygens (including phenoxy) is 2. The SMILES string of the molecule is CCOC(=O)c1cc(C)c(CC)cc1C(=O)OCCCC(C)C. The standard InChI is InChI=1S/C19H28O4/c1-6-15-12-17(19(21)23-10-8-9-13(3)4)16(11-14(15)5)18(20)22-7-2/h11-13H,6-10H2,1-5H3. The van der Waals surface area contributed by atoms with Gasteiger partial charge in [0.05, 0.1) is 24.3 Å². The van der Waals surface area contributed by atoms with Crippen LogP contribution in [0.15, 0.2) is 12.1 Å². The summed E-state index contributed by atoms with van der Waals surface area (Å²) >= 11 is 0. The summed E-state index contributed by atoms with van der Waals surface area (Å²) in [5, 5.41) is 0. The van der Waals surface area contributed by atoms with Crippen LogP contribution in [0.5, 0.6) is 0 Å². The molecule has 0 saturated carbocycles. The lowest BCUT2D eigenvalue weighted by molar-refractivity contribution is 0.0460. The first kappa shape index (κ1) is 19.2. The minimum absolute atomic E-state index is 0.274. The summed E-state index contributed by atoms with van der Waals surface area (Å²) < 4.78 is 10.4. The average Bonchev–Trinajstić information content (AvgIpc) is 2.51. The van der Waals surface area contributed by atoms with Crippen molar-refractivity contribution in [2.45, 2.75) is 53.9 Å². The first-order valence-electron chi connectivity index (χ1n) is 8.38. The zero-order valence-corrected chi connectivity index (χ0v) is 14.9. The molecule has 0 aliphatic heterocycles. The molecule has 0 bridgehead atoms. The highest BCUT2D eigenvalue weighted by molar-refractivity contribution is 6.03. The number of hydrogen-bond acceptors (Lipinski definition) is 4. The Bertz CT molecular complexity index is 547. The van der Waals surface area contributed by atoms with Crippen LogP contribution >= 0.6 is 0 Å². The van der Waals surface area contributed by atoms with Gasteiger partial charge in [0.25, 0.3) is 0 Å². The van der Waals surface area contributed by atoms with E-state index >= 15 is 0 Å². The van der Waals surface area contributed by atoms with Crippen molar-refractivity contribution >= 4 is 11.9 Å². The maximum absolute atomic E-state index is 12.4. The van der Waals surface area contributed by atoms with Crippen molar-refractivity contribution in [2.75, 3.05) is 13.2 Å². The van der Waals surface area contributed by atoms with E-state index in [-0.39, 0.29) is 12.2 Å². The summed E-state index contributed by atoms with van der Waals surface area (Å²) in [6.07, 6.45) is 2.62. The molecule has 0 spiro atoms. The Kier molecular flexibility index (Phi) is 7.79. The van der Waals surface area contributed by atoms with E-state index in [2.05, 4.69) is 13.8 Å². The van der Waals surface area contributed by atoms with Crippen molar-refractivity contribution in [1.82, 2.24) is 0 Å².